The van der Waals surface area contributed by atoms with Gasteiger partial charge in [-0.05, 0) is 0 Å². The highest BCUT2D eigenvalue weighted by Gasteiger charge is 2.13. The Morgan fingerprint density at radius 1 is 1.40 bits per heavy atom. The standard InChI is InChI=1S/C16H19N5O4/c1-3-11(10-22)6-4-5-7-21-14-12(18-16(21)23)13(17)19-15(20-14)25-9-8-24-2/h3-6,10H,1,7-9H2,2H3,(H,18,23)(H2,17,19,20)/b5-4+,11-6+. The molecule has 2 heterocycles. The SMILES string of the molecule is C=C/C(C=O)=C\C=C\Cn1c(=O)[nH]c2c(N)nc(OCCOC)nc21. The molecule has 0 aliphatic rings. The molecule has 0 fully saturated rings. The first-order chi connectivity index (χ1) is 12.1. The third kappa shape index (κ3) is 4.42. The second kappa shape index (κ2) is 8.60. The van der Waals surface area contributed by atoms with Crippen molar-refractivity contribution in [2.75, 3.05) is 26.1 Å². The number of aldehydes is 1. The fourth-order valence-electron chi connectivity index (χ4n) is 1.98. The number of methoxy groups -OCH3 is 1. The maximum atomic E-state index is 12.1. The average Bonchev–Trinajstić information content (AvgIpc) is 2.92. The number of carbonyl (C=O) groups is 1. The van der Waals surface area contributed by atoms with Crippen molar-refractivity contribution in [2.24, 2.45) is 0 Å². The Morgan fingerprint density at radius 3 is 2.88 bits per heavy atom. The van der Waals surface area contributed by atoms with Gasteiger partial charge in [-0.25, -0.2) is 4.79 Å². The van der Waals surface area contributed by atoms with E-state index in [9.17, 15) is 9.59 Å². The van der Waals surface area contributed by atoms with Crippen molar-refractivity contribution in [2.45, 2.75) is 6.54 Å². The molecule has 132 valence electrons. The number of nitrogens with zero attached hydrogens (tertiary/aromatic N) is 3. The van der Waals surface area contributed by atoms with Gasteiger partial charge >= 0.3 is 11.7 Å². The number of aromatic nitrogens is 4. The van der Waals surface area contributed by atoms with Gasteiger partial charge in [0.1, 0.15) is 18.4 Å². The Balaban J connectivity index is 2.29. The summed E-state index contributed by atoms with van der Waals surface area (Å²) in [4.78, 5) is 33.6. The number of H-pyrrole nitrogens is 1. The van der Waals surface area contributed by atoms with Crippen LogP contribution in [0.1, 0.15) is 0 Å². The number of nitrogens with one attached hydrogen (secondary N) is 1. The summed E-state index contributed by atoms with van der Waals surface area (Å²) in [5.41, 5.74) is 6.58. The van der Waals surface area contributed by atoms with Crippen LogP contribution in [0.4, 0.5) is 5.82 Å². The Kier molecular flexibility index (Phi) is 6.24. The summed E-state index contributed by atoms with van der Waals surface area (Å²) in [6.07, 6.45) is 7.06. The van der Waals surface area contributed by atoms with Crippen molar-refractivity contribution in [3.8, 4) is 6.01 Å². The van der Waals surface area contributed by atoms with Crippen LogP contribution in [0.25, 0.3) is 11.2 Å². The molecule has 2 rings (SSSR count). The smallest absolute Gasteiger partial charge is 0.328 e. The van der Waals surface area contributed by atoms with Crippen LogP contribution in [0, 0.1) is 0 Å². The van der Waals surface area contributed by atoms with Crippen molar-refractivity contribution in [1.29, 1.82) is 0 Å². The van der Waals surface area contributed by atoms with Gasteiger partial charge in [-0.2, -0.15) is 9.97 Å². The second-order valence-corrected chi connectivity index (χ2v) is 4.89. The van der Waals surface area contributed by atoms with Crippen LogP contribution >= 0.6 is 0 Å². The lowest BCUT2D eigenvalue weighted by atomic mass is 10.2. The first kappa shape index (κ1) is 18.1. The lowest BCUT2D eigenvalue weighted by molar-refractivity contribution is -0.104. The molecule has 0 amide bonds. The lowest BCUT2D eigenvalue weighted by Crippen LogP contribution is -2.16. The number of nitrogen functional groups attached to an aromatic ring is 1. The summed E-state index contributed by atoms with van der Waals surface area (Å²) in [6, 6.07) is 0.0635. The zero-order chi connectivity index (χ0) is 18.2. The largest absolute Gasteiger partial charge is 0.461 e. The molecule has 3 N–H and O–H groups in total. The van der Waals surface area contributed by atoms with Gasteiger partial charge < -0.3 is 20.2 Å². The van der Waals surface area contributed by atoms with Gasteiger partial charge in [0.25, 0.3) is 0 Å². The van der Waals surface area contributed by atoms with Crippen LogP contribution in [0.15, 0.2) is 41.3 Å². The molecule has 0 spiro atoms. The van der Waals surface area contributed by atoms with Crippen LogP contribution in [-0.2, 0) is 16.1 Å². The van der Waals surface area contributed by atoms with Crippen molar-refractivity contribution < 1.29 is 14.3 Å². The van der Waals surface area contributed by atoms with Gasteiger partial charge in [-0.1, -0.05) is 30.9 Å². The molecule has 2 aromatic rings. The van der Waals surface area contributed by atoms with Crippen LogP contribution in [0.5, 0.6) is 6.01 Å². The molecule has 25 heavy (non-hydrogen) atoms. The molecule has 0 unspecified atom stereocenters. The topological polar surface area (TPSA) is 125 Å². The van der Waals surface area contributed by atoms with Gasteiger partial charge in [0.15, 0.2) is 11.5 Å². The molecule has 0 atom stereocenters. The molecule has 0 aromatic carbocycles. The highest BCUT2D eigenvalue weighted by Crippen LogP contribution is 2.17. The first-order valence-electron chi connectivity index (χ1n) is 7.43. The van der Waals surface area contributed by atoms with E-state index in [1.807, 2.05) is 0 Å². The summed E-state index contributed by atoms with van der Waals surface area (Å²) in [7, 11) is 1.55. The number of hydrogen-bond acceptors (Lipinski definition) is 7. The number of anilines is 1. The van der Waals surface area contributed by atoms with Gasteiger partial charge in [-0.15, -0.1) is 0 Å². The molecule has 0 radical (unpaired) electrons. The molecular weight excluding hydrogens is 326 g/mol. The van der Waals surface area contributed by atoms with Gasteiger partial charge in [-0.3, -0.25) is 9.36 Å². The van der Waals surface area contributed by atoms with E-state index in [-0.39, 0.29) is 30.7 Å². The van der Waals surface area contributed by atoms with E-state index in [1.54, 1.807) is 25.3 Å². The number of ether oxygens (including phenoxy) is 2. The Morgan fingerprint density at radius 2 is 2.20 bits per heavy atom. The highest BCUT2D eigenvalue weighted by atomic mass is 16.5. The van der Waals surface area contributed by atoms with E-state index in [0.717, 1.165) is 0 Å². The fourth-order valence-corrected chi connectivity index (χ4v) is 1.98. The summed E-state index contributed by atoms with van der Waals surface area (Å²) in [5.74, 6) is 0.118. The summed E-state index contributed by atoms with van der Waals surface area (Å²) < 4.78 is 11.6. The normalized spacial score (nSPS) is 12.0. The Hall–Kier alpha value is -3.20. The van der Waals surface area contributed by atoms with Crippen molar-refractivity contribution >= 4 is 23.3 Å². The van der Waals surface area contributed by atoms with E-state index in [2.05, 4.69) is 21.5 Å². The molecule has 0 aliphatic carbocycles. The number of imidazole rings is 1. The minimum absolute atomic E-state index is 0.0635. The van der Waals surface area contributed by atoms with Gasteiger partial charge in [0.2, 0.25) is 0 Å². The number of fused-ring (bicyclic) bond motifs is 1. The quantitative estimate of drug-likeness (QED) is 0.295. The minimum Gasteiger partial charge on any atom is -0.461 e. The van der Waals surface area contributed by atoms with Crippen LogP contribution in [0.2, 0.25) is 0 Å². The van der Waals surface area contributed by atoms with Crippen molar-refractivity contribution in [3.05, 3.63) is 46.9 Å². The van der Waals surface area contributed by atoms with Crippen molar-refractivity contribution in [1.82, 2.24) is 19.5 Å². The van der Waals surface area contributed by atoms with Gasteiger partial charge in [0.05, 0.1) is 6.61 Å². The van der Waals surface area contributed by atoms with Gasteiger partial charge in [0, 0.05) is 19.2 Å². The number of hydrogen-bond donors (Lipinski definition) is 2. The predicted molar refractivity (Wildman–Crippen MR) is 93.4 cm³/mol. The zero-order valence-electron chi connectivity index (χ0n) is 13.8. The maximum Gasteiger partial charge on any atom is 0.328 e. The molecule has 2 aromatic heterocycles. The maximum absolute atomic E-state index is 12.1. The third-order valence-corrected chi connectivity index (χ3v) is 3.23. The molecule has 0 aliphatic heterocycles. The second-order valence-electron chi connectivity index (χ2n) is 4.89. The molecule has 9 heteroatoms. The summed E-state index contributed by atoms with van der Waals surface area (Å²) in [5, 5.41) is 0. The zero-order valence-corrected chi connectivity index (χ0v) is 13.8. The fraction of sp³-hybridized carbons (Fsp3) is 0.250. The monoisotopic (exact) mass is 345 g/mol. The van der Waals surface area contributed by atoms with E-state index < -0.39 is 0 Å². The number of aromatic amines is 1. The number of carbonyl (C=O) groups excluding carboxylic acids is 1. The highest BCUT2D eigenvalue weighted by molar-refractivity contribution is 5.82. The van der Waals surface area contributed by atoms with Crippen molar-refractivity contribution in [3.63, 3.8) is 0 Å². The molecule has 0 bridgehead atoms. The van der Waals surface area contributed by atoms with Crippen LogP contribution < -0.4 is 16.2 Å². The Labute approximate surface area is 143 Å². The van der Waals surface area contributed by atoms with E-state index in [0.29, 0.717) is 29.6 Å². The van der Waals surface area contributed by atoms with Crippen LogP contribution in [-0.4, -0.2) is 46.1 Å². The Bertz CT molecular complexity index is 869. The summed E-state index contributed by atoms with van der Waals surface area (Å²) in [6.45, 7) is 4.38. The molecule has 9 nitrogen and oxygen atoms in total. The summed E-state index contributed by atoms with van der Waals surface area (Å²) >= 11 is 0. The third-order valence-electron chi connectivity index (χ3n) is 3.23. The lowest BCUT2D eigenvalue weighted by Gasteiger charge is -2.05. The van der Waals surface area contributed by atoms with E-state index in [4.69, 9.17) is 15.2 Å². The minimum atomic E-state index is -0.377. The first-order valence-corrected chi connectivity index (χ1v) is 7.43. The predicted octanol–water partition coefficient (Wildman–Crippen LogP) is 0.594. The molecule has 0 saturated carbocycles. The van der Waals surface area contributed by atoms with E-state index >= 15 is 0 Å². The number of allylic oxidation sites excluding steroid dienone is 5. The molecule has 0 saturated heterocycles. The van der Waals surface area contributed by atoms with E-state index in [1.165, 1.54) is 10.6 Å². The molecular formula is C16H19N5O4. The number of nitrogens with two attached hydrogens (primary N) is 1. The average molecular weight is 345 g/mol. The number of rotatable bonds is 9. The van der Waals surface area contributed by atoms with Crippen LogP contribution in [0.3, 0.4) is 0 Å².